The van der Waals surface area contributed by atoms with Crippen molar-refractivity contribution in [2.24, 2.45) is 11.8 Å². The van der Waals surface area contributed by atoms with E-state index in [1.807, 2.05) is 7.05 Å². The second kappa shape index (κ2) is 4.58. The molecule has 4 heteroatoms. The molecule has 0 aromatic heterocycles. The minimum Gasteiger partial charge on any atom is -0.377 e. The zero-order chi connectivity index (χ0) is 11.8. The second-order valence-electron chi connectivity index (χ2n) is 5.67. The van der Waals surface area contributed by atoms with Gasteiger partial charge < -0.3 is 15.0 Å². The van der Waals surface area contributed by atoms with Crippen LogP contribution in [0.5, 0.6) is 0 Å². The lowest BCUT2D eigenvalue weighted by molar-refractivity contribution is -0.135. The van der Waals surface area contributed by atoms with Crippen LogP contribution in [0.2, 0.25) is 0 Å². The monoisotopic (exact) mass is 238 g/mol. The second-order valence-corrected chi connectivity index (χ2v) is 5.67. The first-order valence-electron chi connectivity index (χ1n) is 6.85. The zero-order valence-electron chi connectivity index (χ0n) is 10.5. The maximum absolute atomic E-state index is 12.4. The first-order valence-corrected chi connectivity index (χ1v) is 6.85. The van der Waals surface area contributed by atoms with Crippen LogP contribution >= 0.6 is 0 Å². The molecule has 3 aliphatic rings. The van der Waals surface area contributed by atoms with E-state index in [1.54, 1.807) is 0 Å². The molecule has 3 fully saturated rings. The molecule has 0 aromatic rings. The van der Waals surface area contributed by atoms with Crippen LogP contribution in [0.1, 0.15) is 25.7 Å². The number of carbonyl (C=O) groups excluding carboxylic acids is 1. The first kappa shape index (κ1) is 11.5. The molecule has 17 heavy (non-hydrogen) atoms. The quantitative estimate of drug-likeness (QED) is 0.767. The highest BCUT2D eigenvalue weighted by Crippen LogP contribution is 2.50. The van der Waals surface area contributed by atoms with Crippen LogP contribution in [0.3, 0.4) is 0 Å². The Morgan fingerprint density at radius 2 is 2.18 bits per heavy atom. The van der Waals surface area contributed by atoms with Crippen molar-refractivity contribution in [3.63, 3.8) is 0 Å². The van der Waals surface area contributed by atoms with Crippen LogP contribution in [0, 0.1) is 11.8 Å². The molecule has 2 aliphatic carbocycles. The van der Waals surface area contributed by atoms with Gasteiger partial charge >= 0.3 is 0 Å². The molecule has 0 spiro atoms. The third-order valence-corrected chi connectivity index (χ3v) is 4.65. The van der Waals surface area contributed by atoms with E-state index in [1.165, 1.54) is 25.7 Å². The molecule has 1 heterocycles. The van der Waals surface area contributed by atoms with Gasteiger partial charge in [-0.3, -0.25) is 4.79 Å². The van der Waals surface area contributed by atoms with Gasteiger partial charge in [0.2, 0.25) is 5.91 Å². The van der Waals surface area contributed by atoms with E-state index in [-0.39, 0.29) is 11.9 Å². The van der Waals surface area contributed by atoms with E-state index in [2.05, 4.69) is 10.2 Å². The largest absolute Gasteiger partial charge is 0.377 e. The molecule has 0 bridgehead atoms. The fraction of sp³-hybridized carbons (Fsp3) is 0.923. The average Bonchev–Trinajstić information content (AvgIpc) is 3.11. The van der Waals surface area contributed by atoms with Gasteiger partial charge in [-0.15, -0.1) is 0 Å². The van der Waals surface area contributed by atoms with Gasteiger partial charge in [-0.2, -0.15) is 0 Å². The molecular formula is C13H22N2O2. The number of hydrogen-bond donors (Lipinski definition) is 1. The number of rotatable bonds is 2. The Bertz CT molecular complexity index is 308. The smallest absolute Gasteiger partial charge is 0.242 e. The molecule has 2 saturated carbocycles. The third-order valence-electron chi connectivity index (χ3n) is 4.65. The standard InChI is InChI=1S/C13H22N2O2/c1-14-12-8-17-5-4-15(13(12)16)11-3-2-9-6-10(9)7-11/h9-12,14H,2-8H2,1H3. The predicted octanol–water partition coefficient (Wildman–Crippen LogP) is 0.622. The molecule has 4 nitrogen and oxygen atoms in total. The number of likely N-dealkylation sites (N-methyl/N-ethyl adjacent to an activating group) is 1. The van der Waals surface area contributed by atoms with Crippen molar-refractivity contribution < 1.29 is 9.53 Å². The molecule has 1 amide bonds. The molecule has 4 atom stereocenters. The number of ether oxygens (including phenoxy) is 1. The van der Waals surface area contributed by atoms with E-state index in [0.29, 0.717) is 19.3 Å². The van der Waals surface area contributed by atoms with E-state index >= 15 is 0 Å². The molecule has 4 unspecified atom stereocenters. The number of carbonyl (C=O) groups is 1. The lowest BCUT2D eigenvalue weighted by Crippen LogP contribution is -2.50. The molecular weight excluding hydrogens is 216 g/mol. The molecule has 0 radical (unpaired) electrons. The van der Waals surface area contributed by atoms with Gasteiger partial charge in [0.15, 0.2) is 0 Å². The van der Waals surface area contributed by atoms with Gasteiger partial charge in [-0.05, 0) is 44.6 Å². The van der Waals surface area contributed by atoms with Gasteiger partial charge in [0.25, 0.3) is 0 Å². The summed E-state index contributed by atoms with van der Waals surface area (Å²) in [7, 11) is 1.84. The maximum atomic E-state index is 12.4. The predicted molar refractivity (Wildman–Crippen MR) is 64.6 cm³/mol. The van der Waals surface area contributed by atoms with Crippen LogP contribution in [0.4, 0.5) is 0 Å². The van der Waals surface area contributed by atoms with E-state index in [4.69, 9.17) is 4.74 Å². The molecule has 0 aromatic carbocycles. The van der Waals surface area contributed by atoms with Crippen LogP contribution in [-0.4, -0.2) is 49.7 Å². The van der Waals surface area contributed by atoms with Crippen molar-refractivity contribution in [1.82, 2.24) is 10.2 Å². The average molecular weight is 238 g/mol. The Balaban J connectivity index is 1.68. The van der Waals surface area contributed by atoms with Crippen molar-refractivity contribution in [2.75, 3.05) is 26.8 Å². The van der Waals surface area contributed by atoms with Crippen molar-refractivity contribution >= 4 is 5.91 Å². The Morgan fingerprint density at radius 3 is 2.94 bits per heavy atom. The van der Waals surface area contributed by atoms with Crippen molar-refractivity contribution in [2.45, 2.75) is 37.8 Å². The number of amides is 1. The highest BCUT2D eigenvalue weighted by molar-refractivity contribution is 5.82. The van der Waals surface area contributed by atoms with Crippen molar-refractivity contribution in [3.05, 3.63) is 0 Å². The van der Waals surface area contributed by atoms with Crippen LogP contribution < -0.4 is 5.32 Å². The number of nitrogens with zero attached hydrogens (tertiary/aromatic N) is 1. The summed E-state index contributed by atoms with van der Waals surface area (Å²) in [6.07, 6.45) is 5.16. The molecule has 96 valence electrons. The Labute approximate surface area is 103 Å². The minimum absolute atomic E-state index is 0.144. The van der Waals surface area contributed by atoms with Gasteiger partial charge in [-0.1, -0.05) is 0 Å². The Kier molecular flexibility index (Phi) is 3.09. The molecule has 1 N–H and O–H groups in total. The highest BCUT2D eigenvalue weighted by Gasteiger charge is 2.44. The highest BCUT2D eigenvalue weighted by atomic mass is 16.5. The van der Waals surface area contributed by atoms with Crippen molar-refractivity contribution in [1.29, 1.82) is 0 Å². The lowest BCUT2D eigenvalue weighted by atomic mass is 9.94. The summed E-state index contributed by atoms with van der Waals surface area (Å²) >= 11 is 0. The topological polar surface area (TPSA) is 41.6 Å². The number of hydrogen-bond acceptors (Lipinski definition) is 3. The van der Waals surface area contributed by atoms with Gasteiger partial charge in [-0.25, -0.2) is 0 Å². The fourth-order valence-corrected chi connectivity index (χ4v) is 3.42. The minimum atomic E-state index is -0.144. The Morgan fingerprint density at radius 1 is 1.29 bits per heavy atom. The van der Waals surface area contributed by atoms with E-state index in [0.717, 1.165) is 18.4 Å². The summed E-state index contributed by atoms with van der Waals surface area (Å²) in [5.74, 6) is 2.15. The summed E-state index contributed by atoms with van der Waals surface area (Å²) in [6, 6.07) is 0.332. The van der Waals surface area contributed by atoms with Gasteiger partial charge in [0, 0.05) is 12.6 Å². The summed E-state index contributed by atoms with van der Waals surface area (Å²) in [4.78, 5) is 14.5. The molecule has 1 saturated heterocycles. The summed E-state index contributed by atoms with van der Waals surface area (Å²) in [6.45, 7) is 1.98. The van der Waals surface area contributed by atoms with Gasteiger partial charge in [0.1, 0.15) is 6.04 Å². The summed E-state index contributed by atoms with van der Waals surface area (Å²) < 4.78 is 5.50. The fourth-order valence-electron chi connectivity index (χ4n) is 3.42. The van der Waals surface area contributed by atoms with E-state index in [9.17, 15) is 4.79 Å². The van der Waals surface area contributed by atoms with Crippen LogP contribution in [-0.2, 0) is 9.53 Å². The SMILES string of the molecule is CNC1COCCN(C2CCC3CC3C2)C1=O. The summed E-state index contributed by atoms with van der Waals surface area (Å²) in [5.41, 5.74) is 0. The number of fused-ring (bicyclic) bond motifs is 1. The summed E-state index contributed by atoms with van der Waals surface area (Å²) in [5, 5.41) is 3.07. The normalized spacial score (nSPS) is 41.9. The van der Waals surface area contributed by atoms with Crippen molar-refractivity contribution in [3.8, 4) is 0 Å². The molecule has 3 rings (SSSR count). The first-order chi connectivity index (χ1) is 8.29. The third kappa shape index (κ3) is 2.20. The number of nitrogens with one attached hydrogen (secondary N) is 1. The maximum Gasteiger partial charge on any atom is 0.242 e. The lowest BCUT2D eigenvalue weighted by Gasteiger charge is -2.34. The van der Waals surface area contributed by atoms with Crippen LogP contribution in [0.25, 0.3) is 0 Å². The van der Waals surface area contributed by atoms with Gasteiger partial charge in [0.05, 0.1) is 13.2 Å². The van der Waals surface area contributed by atoms with E-state index < -0.39 is 0 Å². The zero-order valence-corrected chi connectivity index (χ0v) is 10.5. The Hall–Kier alpha value is -0.610. The van der Waals surface area contributed by atoms with Crippen LogP contribution in [0.15, 0.2) is 0 Å². The molecule has 1 aliphatic heterocycles.